The molecule has 1 unspecified atom stereocenters. The van der Waals surface area contributed by atoms with E-state index in [2.05, 4.69) is 58.5 Å². The van der Waals surface area contributed by atoms with E-state index >= 15 is 0 Å². The van der Waals surface area contributed by atoms with Gasteiger partial charge >= 0.3 is 0 Å². The summed E-state index contributed by atoms with van der Waals surface area (Å²) in [5.74, 6) is 0.182. The minimum absolute atomic E-state index is 0.0461. The lowest BCUT2D eigenvalue weighted by atomic mass is 9.88. The number of carbonyl (C=O) groups is 2. The van der Waals surface area contributed by atoms with Crippen molar-refractivity contribution in [2.24, 2.45) is 5.92 Å². The third kappa shape index (κ3) is 5.14. The molecule has 0 spiro atoms. The van der Waals surface area contributed by atoms with Crippen molar-refractivity contribution in [1.29, 1.82) is 0 Å². The number of fused-ring (bicyclic) bond motifs is 3. The second-order valence-electron chi connectivity index (χ2n) is 9.59. The first kappa shape index (κ1) is 24.4. The molecule has 2 N–H and O–H groups in total. The normalized spacial score (nSPS) is 15.2. The lowest BCUT2D eigenvalue weighted by Crippen LogP contribution is -2.24. The smallest absolute Gasteiger partial charge is 0.237 e. The highest BCUT2D eigenvalue weighted by atomic mass is 32.2. The highest BCUT2D eigenvalue weighted by Crippen LogP contribution is 2.32. The molecule has 1 aliphatic carbocycles. The Kier molecular flexibility index (Phi) is 7.33. The van der Waals surface area contributed by atoms with Crippen molar-refractivity contribution < 1.29 is 9.59 Å². The Morgan fingerprint density at radius 2 is 1.64 bits per heavy atom. The number of nitrogens with zero attached hydrogens (tertiary/aromatic N) is 1. The molecule has 186 valence electrons. The monoisotopic (exact) mass is 499 g/mol. The molecule has 4 aromatic rings. The number of hydrogen-bond donors (Lipinski definition) is 2. The average Bonchev–Trinajstić information content (AvgIpc) is 3.22. The summed E-state index contributed by atoms with van der Waals surface area (Å²) in [6.45, 7) is 4.95. The van der Waals surface area contributed by atoms with Crippen LogP contribution in [-0.4, -0.2) is 21.6 Å². The van der Waals surface area contributed by atoms with Crippen LogP contribution in [0.1, 0.15) is 46.0 Å². The SMILES string of the molecule is CCn1c2ccccc2c2cc(NC(=O)C(C)Sc3cccc(NC(=O)C4CCCCC4)c3)ccc21. The number of carbonyl (C=O) groups excluding carboxylic acids is 2. The first-order valence-electron chi connectivity index (χ1n) is 12.9. The second kappa shape index (κ2) is 10.8. The van der Waals surface area contributed by atoms with E-state index in [1.807, 2.05) is 37.3 Å². The maximum Gasteiger partial charge on any atom is 0.237 e. The van der Waals surface area contributed by atoms with Gasteiger partial charge in [0.1, 0.15) is 0 Å². The summed E-state index contributed by atoms with van der Waals surface area (Å²) < 4.78 is 2.30. The third-order valence-corrected chi connectivity index (χ3v) is 8.21. The maximum absolute atomic E-state index is 13.0. The average molecular weight is 500 g/mol. The van der Waals surface area contributed by atoms with Crippen molar-refractivity contribution in [2.45, 2.75) is 62.6 Å². The number of anilines is 2. The van der Waals surface area contributed by atoms with E-state index in [-0.39, 0.29) is 23.0 Å². The zero-order valence-electron chi connectivity index (χ0n) is 20.9. The van der Waals surface area contributed by atoms with Gasteiger partial charge in [-0.2, -0.15) is 0 Å². The second-order valence-corrected chi connectivity index (χ2v) is 11.0. The van der Waals surface area contributed by atoms with Gasteiger partial charge in [-0.1, -0.05) is 43.5 Å². The molecule has 1 fully saturated rings. The van der Waals surface area contributed by atoms with Gasteiger partial charge in [0.25, 0.3) is 0 Å². The minimum Gasteiger partial charge on any atom is -0.341 e. The molecule has 6 heteroatoms. The number of nitrogens with one attached hydrogen (secondary N) is 2. The minimum atomic E-state index is -0.290. The molecule has 3 aromatic carbocycles. The summed E-state index contributed by atoms with van der Waals surface area (Å²) in [4.78, 5) is 26.6. The molecule has 1 heterocycles. The topological polar surface area (TPSA) is 63.1 Å². The number of aryl methyl sites for hydroxylation is 1. The number of thioether (sulfide) groups is 1. The van der Waals surface area contributed by atoms with Crippen molar-refractivity contribution in [3.63, 3.8) is 0 Å². The number of benzene rings is 3. The molecule has 1 aliphatic rings. The first-order valence-corrected chi connectivity index (χ1v) is 13.8. The van der Waals surface area contributed by atoms with Crippen LogP contribution < -0.4 is 10.6 Å². The lowest BCUT2D eigenvalue weighted by Gasteiger charge is -2.21. The van der Waals surface area contributed by atoms with Crippen LogP contribution in [0, 0.1) is 5.92 Å². The van der Waals surface area contributed by atoms with Crippen molar-refractivity contribution >= 4 is 56.8 Å². The summed E-state index contributed by atoms with van der Waals surface area (Å²) in [5.41, 5.74) is 3.97. The Morgan fingerprint density at radius 3 is 2.44 bits per heavy atom. The van der Waals surface area contributed by atoms with Crippen LogP contribution in [0.5, 0.6) is 0 Å². The van der Waals surface area contributed by atoms with Crippen LogP contribution in [0.15, 0.2) is 71.6 Å². The molecule has 5 nitrogen and oxygen atoms in total. The van der Waals surface area contributed by atoms with Gasteiger partial charge in [-0.3, -0.25) is 9.59 Å². The van der Waals surface area contributed by atoms with Crippen molar-refractivity contribution in [3.05, 3.63) is 66.7 Å². The van der Waals surface area contributed by atoms with Crippen LogP contribution in [0.3, 0.4) is 0 Å². The molecule has 1 aromatic heterocycles. The Morgan fingerprint density at radius 1 is 0.889 bits per heavy atom. The number of hydrogen-bond acceptors (Lipinski definition) is 3. The number of amides is 2. The third-order valence-electron chi connectivity index (χ3n) is 7.12. The molecular formula is C30H33N3O2S. The van der Waals surface area contributed by atoms with Gasteiger partial charge in [0.2, 0.25) is 11.8 Å². The van der Waals surface area contributed by atoms with Gasteiger partial charge in [-0.05, 0) is 69.2 Å². The molecule has 2 amide bonds. The van der Waals surface area contributed by atoms with Gasteiger partial charge in [-0.25, -0.2) is 0 Å². The molecule has 5 rings (SSSR count). The number of para-hydroxylation sites is 1. The Bertz CT molecular complexity index is 1400. The summed E-state index contributed by atoms with van der Waals surface area (Å²) in [6, 6.07) is 22.3. The Balaban J connectivity index is 1.26. The number of rotatable bonds is 7. The van der Waals surface area contributed by atoms with E-state index in [0.717, 1.165) is 53.9 Å². The molecule has 0 saturated heterocycles. The quantitative estimate of drug-likeness (QED) is 0.260. The molecule has 0 radical (unpaired) electrons. The molecular weight excluding hydrogens is 466 g/mol. The van der Waals surface area contributed by atoms with E-state index in [1.54, 1.807) is 0 Å². The summed E-state index contributed by atoms with van der Waals surface area (Å²) in [7, 11) is 0. The Labute approximate surface area is 216 Å². The van der Waals surface area contributed by atoms with E-state index in [1.165, 1.54) is 34.6 Å². The van der Waals surface area contributed by atoms with Gasteiger partial charge < -0.3 is 15.2 Å². The van der Waals surface area contributed by atoms with Crippen LogP contribution in [0.4, 0.5) is 11.4 Å². The largest absolute Gasteiger partial charge is 0.341 e. The fourth-order valence-corrected chi connectivity index (χ4v) is 6.16. The fourth-order valence-electron chi connectivity index (χ4n) is 5.23. The molecule has 1 atom stereocenters. The van der Waals surface area contributed by atoms with Crippen LogP contribution in [0.2, 0.25) is 0 Å². The fraction of sp³-hybridized carbons (Fsp3) is 0.333. The summed E-state index contributed by atoms with van der Waals surface area (Å²) in [6.07, 6.45) is 5.44. The van der Waals surface area contributed by atoms with Crippen LogP contribution >= 0.6 is 11.8 Å². The maximum atomic E-state index is 13.0. The molecule has 0 aliphatic heterocycles. The van der Waals surface area contributed by atoms with E-state index in [0.29, 0.717) is 0 Å². The van der Waals surface area contributed by atoms with Gasteiger partial charge in [0.05, 0.1) is 5.25 Å². The van der Waals surface area contributed by atoms with E-state index in [9.17, 15) is 9.59 Å². The van der Waals surface area contributed by atoms with Crippen molar-refractivity contribution in [1.82, 2.24) is 4.57 Å². The molecule has 0 bridgehead atoms. The van der Waals surface area contributed by atoms with Crippen LogP contribution in [0.25, 0.3) is 21.8 Å². The predicted octanol–water partition coefficient (Wildman–Crippen LogP) is 7.45. The summed E-state index contributed by atoms with van der Waals surface area (Å²) >= 11 is 1.49. The predicted molar refractivity (Wildman–Crippen MR) is 151 cm³/mol. The van der Waals surface area contributed by atoms with Gasteiger partial charge in [0.15, 0.2) is 0 Å². The highest BCUT2D eigenvalue weighted by Gasteiger charge is 2.21. The lowest BCUT2D eigenvalue weighted by molar-refractivity contribution is -0.120. The molecule has 1 saturated carbocycles. The van der Waals surface area contributed by atoms with Gasteiger partial charge in [0, 0.05) is 50.5 Å². The zero-order valence-corrected chi connectivity index (χ0v) is 21.7. The van der Waals surface area contributed by atoms with Gasteiger partial charge in [-0.15, -0.1) is 11.8 Å². The van der Waals surface area contributed by atoms with Crippen molar-refractivity contribution in [3.8, 4) is 0 Å². The van der Waals surface area contributed by atoms with Crippen LogP contribution in [-0.2, 0) is 16.1 Å². The highest BCUT2D eigenvalue weighted by molar-refractivity contribution is 8.00. The summed E-state index contributed by atoms with van der Waals surface area (Å²) in [5, 5.41) is 8.22. The van der Waals surface area contributed by atoms with E-state index < -0.39 is 0 Å². The zero-order chi connectivity index (χ0) is 25.1. The molecule has 36 heavy (non-hydrogen) atoms. The Hall–Kier alpha value is -3.25. The standard InChI is InChI=1S/C30H33N3O2S/c1-3-33-27-15-8-7-14-25(27)26-19-23(16-17-28(26)33)31-29(34)20(2)36-24-13-9-12-22(18-24)32-30(35)21-10-5-4-6-11-21/h7-9,12-21H,3-6,10-11H2,1-2H3,(H,31,34)(H,32,35). The number of aromatic nitrogens is 1. The van der Waals surface area contributed by atoms with E-state index in [4.69, 9.17) is 0 Å². The first-order chi connectivity index (χ1) is 17.5. The van der Waals surface area contributed by atoms with Crippen molar-refractivity contribution in [2.75, 3.05) is 10.6 Å².